The standard InChI is InChI=1S/C14H23NOS/c1-11(2)8-15-9-13-6-4-5-7-14(13)17-12(3)10-16/h4-7,11-12,15-16H,8-10H2,1-3H3. The first kappa shape index (κ1) is 14.6. The van der Waals surface area contributed by atoms with Gasteiger partial charge in [-0.15, -0.1) is 11.8 Å². The quantitative estimate of drug-likeness (QED) is 0.733. The van der Waals surface area contributed by atoms with Crippen molar-refractivity contribution >= 4 is 11.8 Å². The number of hydrogen-bond donors (Lipinski definition) is 2. The lowest BCUT2D eigenvalue weighted by Gasteiger charge is -2.13. The van der Waals surface area contributed by atoms with Crippen molar-refractivity contribution in [3.05, 3.63) is 29.8 Å². The minimum Gasteiger partial charge on any atom is -0.395 e. The van der Waals surface area contributed by atoms with Gasteiger partial charge >= 0.3 is 0 Å². The highest BCUT2D eigenvalue weighted by atomic mass is 32.2. The highest BCUT2D eigenvalue weighted by molar-refractivity contribution is 8.00. The van der Waals surface area contributed by atoms with E-state index in [1.165, 1.54) is 10.5 Å². The third-order valence-electron chi connectivity index (χ3n) is 2.43. The van der Waals surface area contributed by atoms with Crippen LogP contribution in [0.5, 0.6) is 0 Å². The molecule has 0 aliphatic rings. The Labute approximate surface area is 109 Å². The van der Waals surface area contributed by atoms with Gasteiger partial charge in [-0.25, -0.2) is 0 Å². The summed E-state index contributed by atoms with van der Waals surface area (Å²) in [4.78, 5) is 1.27. The minimum atomic E-state index is 0.221. The molecular weight excluding hydrogens is 230 g/mol. The first-order chi connectivity index (χ1) is 8.13. The van der Waals surface area contributed by atoms with Crippen molar-refractivity contribution in [2.24, 2.45) is 5.92 Å². The van der Waals surface area contributed by atoms with E-state index in [1.54, 1.807) is 11.8 Å². The van der Waals surface area contributed by atoms with Gasteiger partial charge in [-0.05, 0) is 24.1 Å². The van der Waals surface area contributed by atoms with E-state index >= 15 is 0 Å². The molecule has 0 heterocycles. The Morgan fingerprint density at radius 3 is 2.59 bits per heavy atom. The largest absolute Gasteiger partial charge is 0.395 e. The van der Waals surface area contributed by atoms with Gasteiger partial charge in [-0.1, -0.05) is 39.0 Å². The summed E-state index contributed by atoms with van der Waals surface area (Å²) in [5.41, 5.74) is 1.32. The number of thioether (sulfide) groups is 1. The first-order valence-corrected chi connectivity index (χ1v) is 7.07. The predicted octanol–water partition coefficient (Wildman–Crippen LogP) is 2.91. The second-order valence-electron chi connectivity index (χ2n) is 4.74. The summed E-state index contributed by atoms with van der Waals surface area (Å²) >= 11 is 1.74. The number of benzene rings is 1. The van der Waals surface area contributed by atoms with Gasteiger partial charge in [0.25, 0.3) is 0 Å². The van der Waals surface area contributed by atoms with E-state index in [1.807, 2.05) is 6.92 Å². The van der Waals surface area contributed by atoms with Gasteiger partial charge < -0.3 is 10.4 Å². The SMILES string of the molecule is CC(C)CNCc1ccccc1SC(C)CO. The molecule has 0 spiro atoms. The van der Waals surface area contributed by atoms with Crippen LogP contribution in [0.4, 0.5) is 0 Å². The lowest BCUT2D eigenvalue weighted by Crippen LogP contribution is -2.19. The lowest BCUT2D eigenvalue weighted by molar-refractivity contribution is 0.300. The Bertz CT molecular complexity index is 328. The summed E-state index contributed by atoms with van der Waals surface area (Å²) < 4.78 is 0. The summed E-state index contributed by atoms with van der Waals surface area (Å²) in [6.45, 7) is 8.62. The molecule has 2 N–H and O–H groups in total. The molecule has 17 heavy (non-hydrogen) atoms. The van der Waals surface area contributed by atoms with Crippen molar-refractivity contribution in [1.82, 2.24) is 5.32 Å². The van der Waals surface area contributed by atoms with Gasteiger partial charge in [0.15, 0.2) is 0 Å². The van der Waals surface area contributed by atoms with Crippen LogP contribution in [0.25, 0.3) is 0 Å². The molecule has 1 rings (SSSR count). The maximum absolute atomic E-state index is 9.10. The van der Waals surface area contributed by atoms with Crippen molar-refractivity contribution in [3.63, 3.8) is 0 Å². The summed E-state index contributed by atoms with van der Waals surface area (Å²) in [7, 11) is 0. The fourth-order valence-electron chi connectivity index (χ4n) is 1.51. The van der Waals surface area contributed by atoms with Gasteiger partial charge in [0, 0.05) is 16.7 Å². The molecule has 1 aromatic rings. The third-order valence-corrected chi connectivity index (χ3v) is 3.63. The molecule has 0 saturated carbocycles. The smallest absolute Gasteiger partial charge is 0.0550 e. The minimum absolute atomic E-state index is 0.221. The highest BCUT2D eigenvalue weighted by Crippen LogP contribution is 2.26. The molecule has 0 aliphatic carbocycles. The van der Waals surface area contributed by atoms with Gasteiger partial charge in [-0.2, -0.15) is 0 Å². The molecule has 2 nitrogen and oxygen atoms in total. The van der Waals surface area contributed by atoms with Crippen LogP contribution in [0.3, 0.4) is 0 Å². The van der Waals surface area contributed by atoms with Crippen LogP contribution in [0, 0.1) is 5.92 Å². The number of aliphatic hydroxyl groups is 1. The fourth-order valence-corrected chi connectivity index (χ4v) is 2.47. The summed E-state index contributed by atoms with van der Waals surface area (Å²) in [6, 6.07) is 8.40. The number of hydrogen-bond acceptors (Lipinski definition) is 3. The molecule has 0 saturated heterocycles. The van der Waals surface area contributed by atoms with Crippen LogP contribution in [-0.4, -0.2) is 23.5 Å². The maximum Gasteiger partial charge on any atom is 0.0550 e. The van der Waals surface area contributed by atoms with E-state index < -0.39 is 0 Å². The molecule has 3 heteroatoms. The monoisotopic (exact) mass is 253 g/mol. The topological polar surface area (TPSA) is 32.3 Å². The Balaban J connectivity index is 2.57. The molecular formula is C14H23NOS. The number of rotatable bonds is 7. The predicted molar refractivity (Wildman–Crippen MR) is 75.4 cm³/mol. The Hall–Kier alpha value is -0.510. The lowest BCUT2D eigenvalue weighted by atomic mass is 10.2. The second kappa shape index (κ2) is 7.75. The number of nitrogens with one attached hydrogen (secondary N) is 1. The normalized spacial score (nSPS) is 13.0. The highest BCUT2D eigenvalue weighted by Gasteiger charge is 2.07. The zero-order valence-corrected chi connectivity index (χ0v) is 11.8. The fraction of sp³-hybridized carbons (Fsp3) is 0.571. The Morgan fingerprint density at radius 1 is 1.24 bits per heavy atom. The Kier molecular flexibility index (Phi) is 6.63. The first-order valence-electron chi connectivity index (χ1n) is 6.19. The molecule has 0 aliphatic heterocycles. The van der Waals surface area contributed by atoms with E-state index in [-0.39, 0.29) is 11.9 Å². The average Bonchev–Trinajstić information content (AvgIpc) is 2.30. The van der Waals surface area contributed by atoms with Crippen molar-refractivity contribution in [2.45, 2.75) is 37.5 Å². The van der Waals surface area contributed by atoms with E-state index in [0.717, 1.165) is 13.1 Å². The van der Waals surface area contributed by atoms with Gasteiger partial charge in [0.2, 0.25) is 0 Å². The summed E-state index contributed by atoms with van der Waals surface area (Å²) in [5, 5.41) is 12.8. The molecule has 0 radical (unpaired) electrons. The molecule has 0 amide bonds. The van der Waals surface area contributed by atoms with Crippen LogP contribution < -0.4 is 5.32 Å². The van der Waals surface area contributed by atoms with Crippen LogP contribution in [-0.2, 0) is 6.54 Å². The molecule has 1 unspecified atom stereocenters. The molecule has 1 aromatic carbocycles. The molecule has 96 valence electrons. The van der Waals surface area contributed by atoms with Crippen molar-refractivity contribution in [2.75, 3.05) is 13.2 Å². The van der Waals surface area contributed by atoms with E-state index in [2.05, 4.69) is 43.4 Å². The van der Waals surface area contributed by atoms with Crippen LogP contribution in [0.15, 0.2) is 29.2 Å². The Morgan fingerprint density at radius 2 is 1.94 bits per heavy atom. The van der Waals surface area contributed by atoms with E-state index in [4.69, 9.17) is 5.11 Å². The van der Waals surface area contributed by atoms with Crippen LogP contribution in [0.1, 0.15) is 26.3 Å². The second-order valence-corrected chi connectivity index (χ2v) is 6.22. The summed E-state index contributed by atoms with van der Waals surface area (Å²) in [5.74, 6) is 0.672. The average molecular weight is 253 g/mol. The van der Waals surface area contributed by atoms with Crippen LogP contribution in [0.2, 0.25) is 0 Å². The van der Waals surface area contributed by atoms with Gasteiger partial charge in [0.05, 0.1) is 6.61 Å². The maximum atomic E-state index is 9.10. The van der Waals surface area contributed by atoms with Crippen LogP contribution >= 0.6 is 11.8 Å². The van der Waals surface area contributed by atoms with E-state index in [0.29, 0.717) is 5.92 Å². The van der Waals surface area contributed by atoms with Crippen molar-refractivity contribution < 1.29 is 5.11 Å². The summed E-state index contributed by atoms with van der Waals surface area (Å²) in [6.07, 6.45) is 0. The van der Waals surface area contributed by atoms with Crippen molar-refractivity contribution in [1.29, 1.82) is 0 Å². The molecule has 0 aromatic heterocycles. The zero-order chi connectivity index (χ0) is 12.7. The van der Waals surface area contributed by atoms with Crippen molar-refractivity contribution in [3.8, 4) is 0 Å². The molecule has 0 bridgehead atoms. The number of aliphatic hydroxyl groups excluding tert-OH is 1. The molecule has 0 fully saturated rings. The third kappa shape index (κ3) is 5.57. The zero-order valence-electron chi connectivity index (χ0n) is 10.9. The van der Waals surface area contributed by atoms with E-state index in [9.17, 15) is 0 Å². The van der Waals surface area contributed by atoms with Gasteiger partial charge in [0.1, 0.15) is 0 Å². The van der Waals surface area contributed by atoms with Gasteiger partial charge in [-0.3, -0.25) is 0 Å². The molecule has 1 atom stereocenters.